The minimum absolute atomic E-state index is 0.0530. The summed E-state index contributed by atoms with van der Waals surface area (Å²) in [5.41, 5.74) is 4.26. The molecule has 3 rings (SSSR count). The van der Waals surface area contributed by atoms with E-state index in [1.54, 1.807) is 10.6 Å². The molecule has 2 aromatic heterocycles. The van der Waals surface area contributed by atoms with Crippen LogP contribution in [-0.4, -0.2) is 21.2 Å². The summed E-state index contributed by atoms with van der Waals surface area (Å²) in [5, 5.41) is 2.84. The first-order valence-corrected chi connectivity index (χ1v) is 10.3. The molecule has 0 saturated heterocycles. The normalized spacial score (nSPS) is 11.0. The molecule has 156 valence electrons. The summed E-state index contributed by atoms with van der Waals surface area (Å²) < 4.78 is 1.78. The molecule has 0 spiro atoms. The number of pyridine rings is 1. The van der Waals surface area contributed by atoms with Crippen LogP contribution in [-0.2, 0) is 24.7 Å². The van der Waals surface area contributed by atoms with E-state index in [9.17, 15) is 9.59 Å². The van der Waals surface area contributed by atoms with Crippen molar-refractivity contribution < 1.29 is 9.59 Å². The first-order valence-electron chi connectivity index (χ1n) is 10.3. The van der Waals surface area contributed by atoms with Gasteiger partial charge < -0.3 is 9.88 Å². The Morgan fingerprint density at radius 1 is 1.03 bits per heavy atom. The molecular formula is C25H29N3O2. The van der Waals surface area contributed by atoms with Gasteiger partial charge in [-0.2, -0.15) is 0 Å². The van der Waals surface area contributed by atoms with Crippen molar-refractivity contribution in [1.29, 1.82) is 0 Å². The molecule has 0 radical (unpaired) electrons. The van der Waals surface area contributed by atoms with Gasteiger partial charge >= 0.3 is 0 Å². The van der Waals surface area contributed by atoms with E-state index in [-0.39, 0.29) is 18.1 Å². The van der Waals surface area contributed by atoms with E-state index in [0.717, 1.165) is 24.1 Å². The zero-order valence-corrected chi connectivity index (χ0v) is 18.1. The van der Waals surface area contributed by atoms with Crippen LogP contribution in [0.15, 0.2) is 54.7 Å². The number of aryl methyl sites for hydroxylation is 2. The van der Waals surface area contributed by atoms with Crippen LogP contribution in [0, 0.1) is 12.8 Å². The average molecular weight is 404 g/mol. The monoisotopic (exact) mass is 403 g/mol. The van der Waals surface area contributed by atoms with Gasteiger partial charge in [-0.3, -0.25) is 9.59 Å². The van der Waals surface area contributed by atoms with Gasteiger partial charge in [-0.05, 0) is 49.4 Å². The lowest BCUT2D eigenvalue weighted by Gasteiger charge is -2.09. The van der Waals surface area contributed by atoms with Gasteiger partial charge in [-0.15, -0.1) is 0 Å². The lowest BCUT2D eigenvalue weighted by Crippen LogP contribution is -2.18. The maximum atomic E-state index is 12.8. The topological polar surface area (TPSA) is 64.0 Å². The minimum atomic E-state index is -0.159. The fourth-order valence-corrected chi connectivity index (χ4v) is 3.26. The SMILES string of the molecule is Cc1ccc(C(=O)c2ccc(CC(=O)Nc3ccc(CCC(C)C)cn3)n2C)cc1. The second-order valence-electron chi connectivity index (χ2n) is 8.17. The van der Waals surface area contributed by atoms with Crippen molar-refractivity contribution in [3.05, 3.63) is 82.8 Å². The van der Waals surface area contributed by atoms with Crippen molar-refractivity contribution in [2.75, 3.05) is 5.32 Å². The Morgan fingerprint density at radius 3 is 2.40 bits per heavy atom. The third-order valence-corrected chi connectivity index (χ3v) is 5.22. The number of nitrogens with one attached hydrogen (secondary N) is 1. The van der Waals surface area contributed by atoms with Crippen LogP contribution >= 0.6 is 0 Å². The molecule has 1 aromatic carbocycles. The molecule has 0 fully saturated rings. The predicted octanol–water partition coefficient (Wildman–Crippen LogP) is 4.73. The zero-order chi connectivity index (χ0) is 21.7. The lowest BCUT2D eigenvalue weighted by molar-refractivity contribution is -0.115. The maximum absolute atomic E-state index is 12.8. The molecule has 0 aliphatic carbocycles. The fraction of sp³-hybridized carbons (Fsp3) is 0.320. The van der Waals surface area contributed by atoms with Gasteiger partial charge in [0.2, 0.25) is 11.7 Å². The third-order valence-electron chi connectivity index (χ3n) is 5.22. The highest BCUT2D eigenvalue weighted by molar-refractivity contribution is 6.08. The quantitative estimate of drug-likeness (QED) is 0.553. The third kappa shape index (κ3) is 5.44. The fourth-order valence-electron chi connectivity index (χ4n) is 3.26. The second kappa shape index (κ2) is 9.53. The van der Waals surface area contributed by atoms with Gasteiger partial charge in [0.25, 0.3) is 0 Å². The number of ketones is 1. The number of carbonyl (C=O) groups is 2. The first-order chi connectivity index (χ1) is 14.3. The molecule has 2 heterocycles. The van der Waals surface area contributed by atoms with Gasteiger partial charge in [0.05, 0.1) is 12.1 Å². The number of benzene rings is 1. The number of anilines is 1. The Morgan fingerprint density at radius 2 is 1.77 bits per heavy atom. The van der Waals surface area contributed by atoms with Crippen molar-refractivity contribution in [1.82, 2.24) is 9.55 Å². The molecule has 1 N–H and O–H groups in total. The van der Waals surface area contributed by atoms with E-state index in [0.29, 0.717) is 23.0 Å². The molecular weight excluding hydrogens is 374 g/mol. The van der Waals surface area contributed by atoms with E-state index in [2.05, 4.69) is 24.1 Å². The highest BCUT2D eigenvalue weighted by Crippen LogP contribution is 2.15. The summed E-state index contributed by atoms with van der Waals surface area (Å²) in [7, 11) is 1.81. The van der Waals surface area contributed by atoms with Crippen molar-refractivity contribution in [3.63, 3.8) is 0 Å². The minimum Gasteiger partial charge on any atom is -0.344 e. The van der Waals surface area contributed by atoms with E-state index in [1.165, 1.54) is 5.56 Å². The standard InChI is InChI=1S/C25H29N3O2/c1-17(2)5-8-19-9-14-23(26-16-19)27-24(29)15-21-12-13-22(28(21)4)25(30)20-10-6-18(3)7-11-20/h6-7,9-14,16-17H,5,8,15H2,1-4H3,(H,26,27,29). The van der Waals surface area contributed by atoms with Crippen LogP contribution in [0.5, 0.6) is 0 Å². The van der Waals surface area contributed by atoms with E-state index < -0.39 is 0 Å². The maximum Gasteiger partial charge on any atom is 0.231 e. The van der Waals surface area contributed by atoms with Crippen LogP contribution in [0.2, 0.25) is 0 Å². The Bertz CT molecular complexity index is 1020. The summed E-state index contributed by atoms with van der Waals surface area (Å²) >= 11 is 0. The number of aromatic nitrogens is 2. The Balaban J connectivity index is 1.62. The summed E-state index contributed by atoms with van der Waals surface area (Å²) in [4.78, 5) is 29.6. The largest absolute Gasteiger partial charge is 0.344 e. The number of hydrogen-bond acceptors (Lipinski definition) is 3. The number of carbonyl (C=O) groups excluding carboxylic acids is 2. The van der Waals surface area contributed by atoms with Crippen LogP contribution in [0.1, 0.15) is 53.1 Å². The number of rotatable bonds is 8. The molecule has 1 amide bonds. The van der Waals surface area contributed by atoms with Gasteiger partial charge in [0.15, 0.2) is 0 Å². The summed E-state index contributed by atoms with van der Waals surface area (Å²) in [6, 6.07) is 14.9. The lowest BCUT2D eigenvalue weighted by atomic mass is 10.0. The Hall–Kier alpha value is -3.21. The summed E-state index contributed by atoms with van der Waals surface area (Å²) in [6.45, 7) is 6.39. The van der Waals surface area contributed by atoms with Crippen LogP contribution in [0.3, 0.4) is 0 Å². The van der Waals surface area contributed by atoms with Crippen LogP contribution in [0.25, 0.3) is 0 Å². The Labute approximate surface area is 178 Å². The van der Waals surface area contributed by atoms with E-state index in [4.69, 9.17) is 0 Å². The molecule has 0 saturated carbocycles. The molecule has 30 heavy (non-hydrogen) atoms. The second-order valence-corrected chi connectivity index (χ2v) is 8.17. The smallest absolute Gasteiger partial charge is 0.231 e. The molecule has 0 atom stereocenters. The molecule has 5 nitrogen and oxygen atoms in total. The van der Waals surface area contributed by atoms with Gasteiger partial charge in [-0.25, -0.2) is 4.98 Å². The molecule has 0 bridgehead atoms. The van der Waals surface area contributed by atoms with Gasteiger partial charge in [-0.1, -0.05) is 49.7 Å². The van der Waals surface area contributed by atoms with Crippen molar-refractivity contribution in [2.45, 2.75) is 40.0 Å². The van der Waals surface area contributed by atoms with Crippen LogP contribution < -0.4 is 5.32 Å². The van der Waals surface area contributed by atoms with E-state index in [1.807, 2.05) is 62.6 Å². The molecule has 0 unspecified atom stereocenters. The van der Waals surface area contributed by atoms with Crippen molar-refractivity contribution >= 4 is 17.5 Å². The average Bonchev–Trinajstić information content (AvgIpc) is 3.07. The number of hydrogen-bond donors (Lipinski definition) is 1. The number of amides is 1. The predicted molar refractivity (Wildman–Crippen MR) is 120 cm³/mol. The van der Waals surface area contributed by atoms with Gasteiger partial charge in [0.1, 0.15) is 5.82 Å². The first kappa shape index (κ1) is 21.5. The highest BCUT2D eigenvalue weighted by Gasteiger charge is 2.16. The van der Waals surface area contributed by atoms with Crippen molar-refractivity contribution in [2.24, 2.45) is 13.0 Å². The Kier molecular flexibility index (Phi) is 6.83. The molecule has 3 aromatic rings. The molecule has 0 aliphatic heterocycles. The van der Waals surface area contributed by atoms with Crippen molar-refractivity contribution in [3.8, 4) is 0 Å². The highest BCUT2D eigenvalue weighted by atomic mass is 16.1. The van der Waals surface area contributed by atoms with Gasteiger partial charge in [0, 0.05) is 24.5 Å². The number of nitrogens with zero attached hydrogens (tertiary/aromatic N) is 2. The summed E-state index contributed by atoms with van der Waals surface area (Å²) in [6.07, 6.45) is 4.10. The van der Waals surface area contributed by atoms with E-state index >= 15 is 0 Å². The molecule has 5 heteroatoms. The molecule has 0 aliphatic rings. The van der Waals surface area contributed by atoms with Crippen LogP contribution in [0.4, 0.5) is 5.82 Å². The zero-order valence-electron chi connectivity index (χ0n) is 18.1. The summed E-state index contributed by atoms with van der Waals surface area (Å²) in [5.74, 6) is 0.978.